The Bertz CT molecular complexity index is 503. The third-order valence-corrected chi connectivity index (χ3v) is 4.77. The SMILES string of the molecule is NNC(Cc1ccncc1Cl)c1sccc1Br. The molecule has 0 fully saturated rings. The summed E-state index contributed by atoms with van der Waals surface area (Å²) in [5.41, 5.74) is 3.85. The van der Waals surface area contributed by atoms with Crippen molar-refractivity contribution in [3.8, 4) is 0 Å². The molecule has 0 saturated carbocycles. The van der Waals surface area contributed by atoms with Gasteiger partial charge in [0.05, 0.1) is 11.1 Å². The van der Waals surface area contributed by atoms with E-state index in [0.29, 0.717) is 5.02 Å². The molecule has 0 aliphatic rings. The third-order valence-electron chi connectivity index (χ3n) is 2.44. The van der Waals surface area contributed by atoms with Crippen LogP contribution in [0.15, 0.2) is 34.4 Å². The molecule has 0 amide bonds. The molecule has 0 radical (unpaired) electrons. The molecule has 0 aromatic carbocycles. The van der Waals surface area contributed by atoms with E-state index in [2.05, 4.69) is 26.3 Å². The molecule has 17 heavy (non-hydrogen) atoms. The van der Waals surface area contributed by atoms with Crippen LogP contribution >= 0.6 is 38.9 Å². The maximum absolute atomic E-state index is 6.09. The van der Waals surface area contributed by atoms with Crippen LogP contribution in [0.2, 0.25) is 5.02 Å². The third kappa shape index (κ3) is 3.05. The molecule has 2 aromatic rings. The Balaban J connectivity index is 2.22. The molecular weight excluding hydrogens is 322 g/mol. The molecule has 0 aliphatic carbocycles. The first-order valence-corrected chi connectivity index (χ1v) is 7.05. The van der Waals surface area contributed by atoms with Crippen LogP contribution in [0.5, 0.6) is 0 Å². The molecule has 6 heteroatoms. The van der Waals surface area contributed by atoms with Gasteiger partial charge in [0.2, 0.25) is 0 Å². The predicted octanol–water partition coefficient (Wildman–Crippen LogP) is 3.31. The number of nitrogens with two attached hydrogens (primary N) is 1. The number of nitrogens with zero attached hydrogens (tertiary/aromatic N) is 1. The van der Waals surface area contributed by atoms with E-state index in [-0.39, 0.29) is 6.04 Å². The lowest BCUT2D eigenvalue weighted by Crippen LogP contribution is -2.29. The lowest BCUT2D eigenvalue weighted by Gasteiger charge is -2.15. The number of hydrogen-bond donors (Lipinski definition) is 2. The number of rotatable bonds is 4. The van der Waals surface area contributed by atoms with Crippen molar-refractivity contribution >= 4 is 38.9 Å². The van der Waals surface area contributed by atoms with Crippen LogP contribution in [-0.4, -0.2) is 4.98 Å². The zero-order valence-corrected chi connectivity index (χ0v) is 12.0. The minimum atomic E-state index is 0.0456. The van der Waals surface area contributed by atoms with Gasteiger partial charge in [0.1, 0.15) is 0 Å². The molecule has 3 nitrogen and oxygen atoms in total. The van der Waals surface area contributed by atoms with E-state index < -0.39 is 0 Å². The minimum absolute atomic E-state index is 0.0456. The van der Waals surface area contributed by atoms with Crippen molar-refractivity contribution in [3.05, 3.63) is 49.8 Å². The van der Waals surface area contributed by atoms with Gasteiger partial charge in [0.25, 0.3) is 0 Å². The Hall–Kier alpha value is -0.460. The van der Waals surface area contributed by atoms with Crippen LogP contribution in [0.3, 0.4) is 0 Å². The number of hydrogen-bond acceptors (Lipinski definition) is 4. The van der Waals surface area contributed by atoms with Crippen LogP contribution in [-0.2, 0) is 6.42 Å². The fourth-order valence-electron chi connectivity index (χ4n) is 1.57. The largest absolute Gasteiger partial charge is 0.271 e. The van der Waals surface area contributed by atoms with Gasteiger partial charge in [-0.1, -0.05) is 11.6 Å². The Morgan fingerprint density at radius 1 is 1.53 bits per heavy atom. The zero-order chi connectivity index (χ0) is 12.3. The first-order valence-electron chi connectivity index (χ1n) is 4.99. The number of thiophene rings is 1. The van der Waals surface area contributed by atoms with Crippen LogP contribution in [0.4, 0.5) is 0 Å². The summed E-state index contributed by atoms with van der Waals surface area (Å²) in [6, 6.07) is 3.97. The van der Waals surface area contributed by atoms with Crippen LogP contribution < -0.4 is 11.3 Å². The highest BCUT2D eigenvalue weighted by Gasteiger charge is 2.16. The Morgan fingerprint density at radius 3 is 2.94 bits per heavy atom. The maximum atomic E-state index is 6.09. The minimum Gasteiger partial charge on any atom is -0.271 e. The van der Waals surface area contributed by atoms with E-state index in [1.54, 1.807) is 23.7 Å². The first kappa shape index (κ1) is 13.0. The summed E-state index contributed by atoms with van der Waals surface area (Å²) in [6.07, 6.45) is 4.11. The Morgan fingerprint density at radius 2 is 2.35 bits per heavy atom. The summed E-state index contributed by atoms with van der Waals surface area (Å²) in [5, 5.41) is 2.69. The van der Waals surface area contributed by atoms with Gasteiger partial charge in [-0.3, -0.25) is 16.3 Å². The van der Waals surface area contributed by atoms with E-state index >= 15 is 0 Å². The second-order valence-corrected chi connectivity index (χ2v) is 5.73. The summed E-state index contributed by atoms with van der Waals surface area (Å²) in [7, 11) is 0. The van der Waals surface area contributed by atoms with Gasteiger partial charge in [-0.25, -0.2) is 0 Å². The number of hydrazine groups is 1. The van der Waals surface area contributed by atoms with Crippen LogP contribution in [0.25, 0.3) is 0 Å². The summed E-state index contributed by atoms with van der Waals surface area (Å²) in [4.78, 5) is 5.14. The van der Waals surface area contributed by atoms with Crippen LogP contribution in [0.1, 0.15) is 16.5 Å². The highest BCUT2D eigenvalue weighted by Crippen LogP contribution is 2.31. The van der Waals surface area contributed by atoms with Crippen molar-refractivity contribution in [1.29, 1.82) is 0 Å². The molecule has 2 aromatic heterocycles. The number of halogens is 2. The van der Waals surface area contributed by atoms with Crippen molar-refractivity contribution in [2.75, 3.05) is 0 Å². The average Bonchev–Trinajstić information content (AvgIpc) is 2.75. The normalized spacial score (nSPS) is 12.6. The number of nitrogens with one attached hydrogen (secondary N) is 1. The molecule has 0 aliphatic heterocycles. The molecular formula is C11H11BrClN3S. The molecule has 0 bridgehead atoms. The van der Waals surface area contributed by atoms with Crippen molar-refractivity contribution in [2.45, 2.75) is 12.5 Å². The molecule has 0 spiro atoms. The molecule has 90 valence electrons. The second-order valence-electron chi connectivity index (χ2n) is 3.52. The fraction of sp³-hybridized carbons (Fsp3) is 0.182. The van der Waals surface area contributed by atoms with Gasteiger partial charge in [-0.2, -0.15) is 0 Å². The first-order chi connectivity index (χ1) is 8.22. The van der Waals surface area contributed by atoms with E-state index in [4.69, 9.17) is 17.4 Å². The van der Waals surface area contributed by atoms with Gasteiger partial charge >= 0.3 is 0 Å². The fourth-order valence-corrected chi connectivity index (χ4v) is 3.48. The molecule has 2 rings (SSSR count). The van der Waals surface area contributed by atoms with E-state index in [0.717, 1.165) is 16.5 Å². The predicted molar refractivity (Wildman–Crippen MR) is 75.0 cm³/mol. The monoisotopic (exact) mass is 331 g/mol. The van der Waals surface area contributed by atoms with Gasteiger partial charge < -0.3 is 0 Å². The van der Waals surface area contributed by atoms with E-state index in [1.807, 2.05) is 17.5 Å². The summed E-state index contributed by atoms with van der Waals surface area (Å²) >= 11 is 11.3. The quantitative estimate of drug-likeness (QED) is 0.667. The van der Waals surface area contributed by atoms with Crippen molar-refractivity contribution in [1.82, 2.24) is 10.4 Å². The zero-order valence-electron chi connectivity index (χ0n) is 8.86. The molecule has 3 N–H and O–H groups in total. The molecule has 0 saturated heterocycles. The summed E-state index contributed by atoms with van der Waals surface area (Å²) in [5.74, 6) is 5.61. The second kappa shape index (κ2) is 5.93. The van der Waals surface area contributed by atoms with Crippen molar-refractivity contribution < 1.29 is 0 Å². The molecule has 1 atom stereocenters. The standard InChI is InChI=1S/C11H11BrClN3S/c12-8-2-4-17-11(8)10(16-14)5-7-1-3-15-6-9(7)13/h1-4,6,10,16H,5,14H2. The topological polar surface area (TPSA) is 50.9 Å². The lowest BCUT2D eigenvalue weighted by atomic mass is 10.1. The Labute approximate surface area is 117 Å². The van der Waals surface area contributed by atoms with Crippen molar-refractivity contribution in [2.24, 2.45) is 5.84 Å². The smallest absolute Gasteiger partial charge is 0.0622 e. The molecule has 1 unspecified atom stereocenters. The van der Waals surface area contributed by atoms with Gasteiger partial charge in [-0.15, -0.1) is 11.3 Å². The van der Waals surface area contributed by atoms with Gasteiger partial charge in [-0.05, 0) is 45.4 Å². The maximum Gasteiger partial charge on any atom is 0.0622 e. The highest BCUT2D eigenvalue weighted by atomic mass is 79.9. The van der Waals surface area contributed by atoms with E-state index in [9.17, 15) is 0 Å². The number of pyridine rings is 1. The summed E-state index contributed by atoms with van der Waals surface area (Å²) in [6.45, 7) is 0. The van der Waals surface area contributed by atoms with Crippen LogP contribution in [0, 0.1) is 0 Å². The summed E-state index contributed by atoms with van der Waals surface area (Å²) < 4.78 is 1.07. The molecule has 2 heterocycles. The lowest BCUT2D eigenvalue weighted by molar-refractivity contribution is 0.559. The van der Waals surface area contributed by atoms with Crippen molar-refractivity contribution in [3.63, 3.8) is 0 Å². The number of aromatic nitrogens is 1. The van der Waals surface area contributed by atoms with Gasteiger partial charge in [0, 0.05) is 21.7 Å². The Kier molecular flexibility index (Phi) is 4.53. The highest BCUT2D eigenvalue weighted by molar-refractivity contribution is 9.10. The van der Waals surface area contributed by atoms with Gasteiger partial charge in [0.15, 0.2) is 0 Å². The van der Waals surface area contributed by atoms with E-state index in [1.165, 1.54) is 4.88 Å². The average molecular weight is 333 g/mol.